The molecule has 2 unspecified atom stereocenters. The van der Waals surface area contributed by atoms with Crippen molar-refractivity contribution in [3.8, 4) is 0 Å². The van der Waals surface area contributed by atoms with Gasteiger partial charge in [-0.1, -0.05) is 41.9 Å². The standard InChI is InChI=1S/C28H36ClN3O5/c1-16-9-7-11-20(18(16)3)24(25(34)31-23-17(2)10-8-12-21(23)29)32(19-13-14-19)26(35)22(15-33)30-27(36)37-28(4,5)6/h7-12,19,22,24,33H,13-15H2,1-6H3,(H,30,36)(H,31,34). The summed E-state index contributed by atoms with van der Waals surface area (Å²) in [6, 6.07) is 8.42. The van der Waals surface area contributed by atoms with Gasteiger partial charge in [-0.15, -0.1) is 0 Å². The largest absolute Gasteiger partial charge is 0.444 e. The predicted molar refractivity (Wildman–Crippen MR) is 144 cm³/mol. The first-order valence-electron chi connectivity index (χ1n) is 12.4. The van der Waals surface area contributed by atoms with Gasteiger partial charge >= 0.3 is 6.09 Å². The van der Waals surface area contributed by atoms with E-state index in [1.54, 1.807) is 32.9 Å². The molecular weight excluding hydrogens is 494 g/mol. The van der Waals surface area contributed by atoms with Crippen LogP contribution in [0.25, 0.3) is 0 Å². The molecule has 0 saturated heterocycles. The minimum Gasteiger partial charge on any atom is -0.444 e. The molecule has 1 fully saturated rings. The molecule has 2 atom stereocenters. The summed E-state index contributed by atoms with van der Waals surface area (Å²) >= 11 is 6.39. The highest BCUT2D eigenvalue weighted by Crippen LogP contribution is 2.38. The number of halogens is 1. The smallest absolute Gasteiger partial charge is 0.408 e. The molecule has 37 heavy (non-hydrogen) atoms. The second-order valence-electron chi connectivity index (χ2n) is 10.5. The van der Waals surface area contributed by atoms with Gasteiger partial charge in [0.15, 0.2) is 0 Å². The van der Waals surface area contributed by atoms with Crippen molar-refractivity contribution in [2.45, 2.75) is 78.1 Å². The van der Waals surface area contributed by atoms with Crippen molar-refractivity contribution in [2.75, 3.05) is 11.9 Å². The SMILES string of the molecule is Cc1cccc(C(C(=O)Nc2c(C)cccc2Cl)N(C(=O)C(CO)NC(=O)OC(C)(C)C)C2CC2)c1C. The summed E-state index contributed by atoms with van der Waals surface area (Å²) < 4.78 is 5.28. The van der Waals surface area contributed by atoms with Gasteiger partial charge in [0.1, 0.15) is 17.7 Å². The molecular formula is C28H36ClN3O5. The first kappa shape index (κ1) is 28.5. The van der Waals surface area contributed by atoms with Crippen molar-refractivity contribution >= 4 is 35.2 Å². The number of para-hydroxylation sites is 1. The van der Waals surface area contributed by atoms with Crippen LogP contribution in [0.3, 0.4) is 0 Å². The first-order valence-corrected chi connectivity index (χ1v) is 12.8. The number of ether oxygens (including phenoxy) is 1. The Morgan fingerprint density at radius 1 is 1.08 bits per heavy atom. The van der Waals surface area contributed by atoms with Gasteiger partial charge in [-0.25, -0.2) is 4.79 Å². The minimum atomic E-state index is -1.28. The number of hydrogen-bond acceptors (Lipinski definition) is 5. The molecule has 8 nitrogen and oxygen atoms in total. The van der Waals surface area contributed by atoms with Gasteiger partial charge in [0.25, 0.3) is 5.91 Å². The summed E-state index contributed by atoms with van der Waals surface area (Å²) in [5.74, 6) is -0.994. The fraction of sp³-hybridized carbons (Fsp3) is 0.464. The second-order valence-corrected chi connectivity index (χ2v) is 10.9. The third kappa shape index (κ3) is 7.02. The molecule has 9 heteroatoms. The minimum absolute atomic E-state index is 0.218. The monoisotopic (exact) mass is 529 g/mol. The lowest BCUT2D eigenvalue weighted by Crippen LogP contribution is -2.54. The van der Waals surface area contributed by atoms with Crippen LogP contribution in [0.1, 0.15) is 61.9 Å². The van der Waals surface area contributed by atoms with Crippen molar-refractivity contribution in [3.05, 3.63) is 63.7 Å². The molecule has 3 rings (SSSR count). The zero-order valence-corrected chi connectivity index (χ0v) is 23.0. The zero-order valence-electron chi connectivity index (χ0n) is 22.2. The maximum absolute atomic E-state index is 13.9. The molecule has 1 aliphatic carbocycles. The van der Waals surface area contributed by atoms with Crippen LogP contribution in [-0.2, 0) is 14.3 Å². The predicted octanol–water partition coefficient (Wildman–Crippen LogP) is 4.82. The number of hydrogen-bond donors (Lipinski definition) is 3. The maximum atomic E-state index is 13.9. The molecule has 1 saturated carbocycles. The Hall–Kier alpha value is -3.10. The Morgan fingerprint density at radius 3 is 2.27 bits per heavy atom. The number of rotatable bonds is 8. The van der Waals surface area contributed by atoms with E-state index in [4.69, 9.17) is 16.3 Å². The number of alkyl carbamates (subject to hydrolysis) is 1. The van der Waals surface area contributed by atoms with Gasteiger partial charge < -0.3 is 25.4 Å². The van der Waals surface area contributed by atoms with Crippen LogP contribution in [0.5, 0.6) is 0 Å². The number of anilines is 1. The van der Waals surface area contributed by atoms with Crippen molar-refractivity contribution in [1.82, 2.24) is 10.2 Å². The highest BCUT2D eigenvalue weighted by Gasteiger charge is 2.44. The fourth-order valence-corrected chi connectivity index (χ4v) is 4.42. The van der Waals surface area contributed by atoms with E-state index >= 15 is 0 Å². The van der Waals surface area contributed by atoms with Crippen LogP contribution in [0.4, 0.5) is 10.5 Å². The Balaban J connectivity index is 2.03. The average molecular weight is 530 g/mol. The van der Waals surface area contributed by atoms with Crippen molar-refractivity contribution in [3.63, 3.8) is 0 Å². The average Bonchev–Trinajstić information content (AvgIpc) is 3.64. The van der Waals surface area contributed by atoms with Crippen LogP contribution < -0.4 is 10.6 Å². The summed E-state index contributed by atoms with van der Waals surface area (Å²) in [6.07, 6.45) is 0.585. The third-order valence-corrected chi connectivity index (χ3v) is 6.62. The molecule has 0 radical (unpaired) electrons. The van der Waals surface area contributed by atoms with Gasteiger partial charge in [0, 0.05) is 6.04 Å². The normalized spacial score (nSPS) is 14.9. The lowest BCUT2D eigenvalue weighted by Gasteiger charge is -2.35. The molecule has 2 aromatic rings. The molecule has 2 aromatic carbocycles. The molecule has 0 aliphatic heterocycles. The number of aliphatic hydroxyl groups is 1. The Kier molecular flexibility index (Phi) is 8.87. The summed E-state index contributed by atoms with van der Waals surface area (Å²) in [4.78, 5) is 41.7. The number of benzene rings is 2. The highest BCUT2D eigenvalue weighted by atomic mass is 35.5. The number of aryl methyl sites for hydroxylation is 2. The van der Waals surface area contributed by atoms with E-state index in [0.717, 1.165) is 16.7 Å². The van der Waals surface area contributed by atoms with E-state index in [1.165, 1.54) is 4.90 Å². The molecule has 0 heterocycles. The Bertz CT molecular complexity index is 1150. The molecule has 3 amide bonds. The fourth-order valence-electron chi connectivity index (χ4n) is 4.16. The number of nitrogens with one attached hydrogen (secondary N) is 2. The number of carbonyl (C=O) groups is 3. The quantitative estimate of drug-likeness (QED) is 0.454. The van der Waals surface area contributed by atoms with E-state index in [2.05, 4.69) is 10.6 Å². The molecule has 0 bridgehead atoms. The van der Waals surface area contributed by atoms with Gasteiger partial charge in [-0.3, -0.25) is 9.59 Å². The van der Waals surface area contributed by atoms with E-state index in [-0.39, 0.29) is 6.04 Å². The lowest BCUT2D eigenvalue weighted by molar-refractivity contribution is -0.142. The number of carbonyl (C=O) groups excluding carboxylic acids is 3. The second kappa shape index (κ2) is 11.5. The maximum Gasteiger partial charge on any atom is 0.408 e. The number of nitrogens with zero attached hydrogens (tertiary/aromatic N) is 1. The highest BCUT2D eigenvalue weighted by molar-refractivity contribution is 6.34. The van der Waals surface area contributed by atoms with Crippen LogP contribution in [0.2, 0.25) is 5.02 Å². The van der Waals surface area contributed by atoms with E-state index in [9.17, 15) is 19.5 Å². The summed E-state index contributed by atoms with van der Waals surface area (Å²) in [7, 11) is 0. The lowest BCUT2D eigenvalue weighted by atomic mass is 9.94. The summed E-state index contributed by atoms with van der Waals surface area (Å²) in [6.45, 7) is 10.2. The van der Waals surface area contributed by atoms with Crippen molar-refractivity contribution in [1.29, 1.82) is 0 Å². The Labute approximate surface area is 223 Å². The van der Waals surface area contributed by atoms with Crippen molar-refractivity contribution < 1.29 is 24.2 Å². The zero-order chi connectivity index (χ0) is 27.5. The van der Waals surface area contributed by atoms with Gasteiger partial charge in [-0.05, 0) is 82.7 Å². The molecule has 0 aromatic heterocycles. The summed E-state index contributed by atoms with van der Waals surface area (Å²) in [5.41, 5.74) is 2.98. The van der Waals surface area contributed by atoms with E-state index in [0.29, 0.717) is 29.1 Å². The first-order chi connectivity index (χ1) is 17.3. The van der Waals surface area contributed by atoms with Gasteiger partial charge in [-0.2, -0.15) is 0 Å². The third-order valence-electron chi connectivity index (χ3n) is 6.30. The van der Waals surface area contributed by atoms with Crippen LogP contribution in [-0.4, -0.2) is 52.2 Å². The number of aliphatic hydroxyl groups excluding tert-OH is 1. The topological polar surface area (TPSA) is 108 Å². The summed E-state index contributed by atoms with van der Waals surface area (Å²) in [5, 5.41) is 15.8. The molecule has 0 spiro atoms. The van der Waals surface area contributed by atoms with Crippen LogP contribution in [0, 0.1) is 20.8 Å². The van der Waals surface area contributed by atoms with Crippen LogP contribution >= 0.6 is 11.6 Å². The number of amides is 3. The molecule has 200 valence electrons. The van der Waals surface area contributed by atoms with Gasteiger partial charge in [0.2, 0.25) is 5.91 Å². The van der Waals surface area contributed by atoms with E-state index < -0.39 is 42.2 Å². The van der Waals surface area contributed by atoms with Crippen LogP contribution in [0.15, 0.2) is 36.4 Å². The molecule has 3 N–H and O–H groups in total. The van der Waals surface area contributed by atoms with Gasteiger partial charge in [0.05, 0.1) is 17.3 Å². The molecule has 1 aliphatic rings. The van der Waals surface area contributed by atoms with Crippen molar-refractivity contribution in [2.24, 2.45) is 0 Å². The van der Waals surface area contributed by atoms with E-state index in [1.807, 2.05) is 45.0 Å². The Morgan fingerprint density at radius 2 is 1.70 bits per heavy atom.